The van der Waals surface area contributed by atoms with E-state index in [1.54, 1.807) is 31.5 Å². The normalized spacial score (nSPS) is 15.5. The first-order valence-corrected chi connectivity index (χ1v) is 9.13. The molecule has 4 rings (SSSR count). The van der Waals surface area contributed by atoms with E-state index in [9.17, 15) is 9.59 Å². The van der Waals surface area contributed by atoms with Gasteiger partial charge < -0.3 is 10.1 Å². The first kappa shape index (κ1) is 17.2. The van der Waals surface area contributed by atoms with Crippen LogP contribution in [0.4, 0.5) is 10.8 Å². The third-order valence-electron chi connectivity index (χ3n) is 4.14. The molecule has 1 atom stereocenters. The quantitative estimate of drug-likeness (QED) is 0.726. The summed E-state index contributed by atoms with van der Waals surface area (Å²) in [6.07, 6.45) is 2.62. The number of hydrogen-bond donors (Lipinski definition) is 2. The maximum absolute atomic E-state index is 12.3. The lowest BCUT2D eigenvalue weighted by atomic mass is 10.1. The predicted octanol–water partition coefficient (Wildman–Crippen LogP) is 3.49. The minimum absolute atomic E-state index is 0.181. The molecule has 27 heavy (non-hydrogen) atoms. The van der Waals surface area contributed by atoms with Gasteiger partial charge in [0.15, 0.2) is 11.2 Å². The molecule has 3 heterocycles. The number of hydrogen-bond acceptors (Lipinski definition) is 6. The molecule has 0 aliphatic carbocycles. The van der Waals surface area contributed by atoms with Crippen LogP contribution < -0.4 is 15.4 Å². The number of nitrogens with zero attached hydrogens (tertiary/aromatic N) is 2. The van der Waals surface area contributed by atoms with Crippen LogP contribution in [0, 0.1) is 6.92 Å². The van der Waals surface area contributed by atoms with Crippen molar-refractivity contribution in [1.29, 1.82) is 0 Å². The summed E-state index contributed by atoms with van der Waals surface area (Å²) < 4.78 is 5.58. The van der Waals surface area contributed by atoms with E-state index in [1.807, 2.05) is 25.1 Å². The summed E-state index contributed by atoms with van der Waals surface area (Å²) in [6.45, 7) is 3.64. The van der Waals surface area contributed by atoms with Crippen molar-refractivity contribution in [3.8, 4) is 17.0 Å². The number of thiazole rings is 1. The number of rotatable bonds is 3. The van der Waals surface area contributed by atoms with Crippen molar-refractivity contribution in [2.45, 2.75) is 20.0 Å². The highest BCUT2D eigenvalue weighted by atomic mass is 32.1. The highest BCUT2D eigenvalue weighted by Crippen LogP contribution is 2.37. The Hall–Kier alpha value is -3.26. The number of pyridine rings is 1. The molecule has 1 unspecified atom stereocenters. The molecule has 0 spiro atoms. The van der Waals surface area contributed by atoms with E-state index < -0.39 is 6.10 Å². The molecule has 7 nitrogen and oxygen atoms in total. The van der Waals surface area contributed by atoms with Crippen molar-refractivity contribution >= 4 is 34.0 Å². The molecular formula is C19H16N4O3S. The summed E-state index contributed by atoms with van der Waals surface area (Å²) >= 11 is 1.39. The van der Waals surface area contributed by atoms with Crippen LogP contribution in [0.3, 0.4) is 0 Å². The molecule has 3 aromatic rings. The third kappa shape index (κ3) is 3.39. The Balaban J connectivity index is 1.60. The van der Waals surface area contributed by atoms with Crippen LogP contribution in [0.2, 0.25) is 0 Å². The number of amides is 2. The van der Waals surface area contributed by atoms with Gasteiger partial charge in [-0.15, -0.1) is 11.3 Å². The van der Waals surface area contributed by atoms with Gasteiger partial charge in [-0.2, -0.15) is 0 Å². The lowest BCUT2D eigenvalue weighted by Crippen LogP contribution is -2.34. The smallest absolute Gasteiger partial charge is 0.265 e. The zero-order chi connectivity index (χ0) is 19.0. The number of ether oxygens (including phenoxy) is 1. The minimum Gasteiger partial charge on any atom is -0.479 e. The molecule has 2 N–H and O–H groups in total. The van der Waals surface area contributed by atoms with Gasteiger partial charge in [0, 0.05) is 28.4 Å². The molecule has 1 aliphatic heterocycles. The first-order chi connectivity index (χ1) is 13.0. The second-order valence-electron chi connectivity index (χ2n) is 6.07. The van der Waals surface area contributed by atoms with Gasteiger partial charge >= 0.3 is 0 Å². The molecule has 2 amide bonds. The lowest BCUT2D eigenvalue weighted by molar-refractivity contribution is -0.122. The van der Waals surface area contributed by atoms with E-state index in [1.165, 1.54) is 11.3 Å². The summed E-state index contributed by atoms with van der Waals surface area (Å²) in [5, 5.41) is 6.16. The number of nitrogens with one attached hydrogen (secondary N) is 2. The second-order valence-corrected chi connectivity index (χ2v) is 7.28. The van der Waals surface area contributed by atoms with Crippen LogP contribution in [0.25, 0.3) is 11.3 Å². The van der Waals surface area contributed by atoms with Crippen LogP contribution in [0.1, 0.15) is 22.2 Å². The number of anilines is 2. The zero-order valence-electron chi connectivity index (χ0n) is 14.6. The fraction of sp³-hybridized carbons (Fsp3) is 0.158. The number of carbonyl (C=O) groups excluding carboxylic acids is 2. The molecule has 1 aliphatic rings. The molecule has 136 valence electrons. The summed E-state index contributed by atoms with van der Waals surface area (Å²) in [6, 6.07) is 8.82. The Bertz CT molecular complexity index is 1030. The molecule has 0 radical (unpaired) electrons. The highest BCUT2D eigenvalue weighted by molar-refractivity contribution is 7.16. The highest BCUT2D eigenvalue weighted by Gasteiger charge is 2.24. The number of benzene rings is 1. The van der Waals surface area contributed by atoms with Gasteiger partial charge in [0.25, 0.3) is 11.8 Å². The van der Waals surface area contributed by atoms with Gasteiger partial charge in [-0.25, -0.2) is 4.98 Å². The molecule has 8 heteroatoms. The number of fused-ring (bicyclic) bond motifs is 1. The lowest BCUT2D eigenvalue weighted by Gasteiger charge is -2.23. The first-order valence-electron chi connectivity index (χ1n) is 8.32. The van der Waals surface area contributed by atoms with Gasteiger partial charge in [0.2, 0.25) is 0 Å². The summed E-state index contributed by atoms with van der Waals surface area (Å²) in [7, 11) is 0. The Morgan fingerprint density at radius 1 is 1.26 bits per heavy atom. The van der Waals surface area contributed by atoms with Gasteiger partial charge in [-0.3, -0.25) is 19.9 Å². The number of aryl methyl sites for hydroxylation is 1. The molecule has 2 aromatic heterocycles. The van der Waals surface area contributed by atoms with Crippen LogP contribution in [-0.4, -0.2) is 27.9 Å². The molecule has 0 saturated heterocycles. The summed E-state index contributed by atoms with van der Waals surface area (Å²) in [5.41, 5.74) is 2.72. The van der Waals surface area contributed by atoms with Crippen molar-refractivity contribution in [2.24, 2.45) is 0 Å². The van der Waals surface area contributed by atoms with E-state index in [0.717, 1.165) is 16.1 Å². The van der Waals surface area contributed by atoms with E-state index in [4.69, 9.17) is 4.74 Å². The maximum Gasteiger partial charge on any atom is 0.265 e. The number of carbonyl (C=O) groups is 2. The predicted molar refractivity (Wildman–Crippen MR) is 103 cm³/mol. The summed E-state index contributed by atoms with van der Waals surface area (Å²) in [5.74, 6) is 0.211. The van der Waals surface area contributed by atoms with Crippen LogP contribution in [0.5, 0.6) is 5.75 Å². The van der Waals surface area contributed by atoms with Gasteiger partial charge in [0.05, 0.1) is 11.4 Å². The van der Waals surface area contributed by atoms with E-state index in [2.05, 4.69) is 20.6 Å². The minimum atomic E-state index is -0.514. The van der Waals surface area contributed by atoms with Crippen molar-refractivity contribution in [2.75, 3.05) is 10.6 Å². The van der Waals surface area contributed by atoms with E-state index in [-0.39, 0.29) is 11.8 Å². The summed E-state index contributed by atoms with van der Waals surface area (Å²) in [4.78, 5) is 33.5. The Kier molecular flexibility index (Phi) is 4.33. The fourth-order valence-corrected chi connectivity index (χ4v) is 3.58. The van der Waals surface area contributed by atoms with Gasteiger partial charge in [-0.05, 0) is 44.2 Å². The van der Waals surface area contributed by atoms with E-state index in [0.29, 0.717) is 22.1 Å². The molecule has 1 aromatic carbocycles. The van der Waals surface area contributed by atoms with Gasteiger partial charge in [0.1, 0.15) is 5.75 Å². The van der Waals surface area contributed by atoms with Crippen molar-refractivity contribution in [3.05, 3.63) is 53.2 Å². The topological polar surface area (TPSA) is 93.2 Å². The fourth-order valence-electron chi connectivity index (χ4n) is 2.75. The zero-order valence-corrected chi connectivity index (χ0v) is 15.5. The largest absolute Gasteiger partial charge is 0.479 e. The van der Waals surface area contributed by atoms with Crippen LogP contribution in [0.15, 0.2) is 42.7 Å². The van der Waals surface area contributed by atoms with E-state index >= 15 is 0 Å². The Morgan fingerprint density at radius 2 is 2.04 bits per heavy atom. The average molecular weight is 380 g/mol. The SMILES string of the molecule is Cc1sc(NC(=O)c2ccncc2)nc1-c1ccc2c(c1)NC(=O)C(C)O2. The maximum atomic E-state index is 12.3. The molecule has 0 bridgehead atoms. The Morgan fingerprint density at radius 3 is 2.81 bits per heavy atom. The molecule has 0 fully saturated rings. The van der Waals surface area contributed by atoms with Crippen molar-refractivity contribution < 1.29 is 14.3 Å². The Labute approximate surface area is 159 Å². The van der Waals surface area contributed by atoms with Gasteiger partial charge in [-0.1, -0.05) is 0 Å². The number of aromatic nitrogens is 2. The van der Waals surface area contributed by atoms with Crippen molar-refractivity contribution in [3.63, 3.8) is 0 Å². The molecule has 0 saturated carbocycles. The third-order valence-corrected chi connectivity index (χ3v) is 5.03. The van der Waals surface area contributed by atoms with Crippen molar-refractivity contribution in [1.82, 2.24) is 9.97 Å². The standard InChI is InChI=1S/C19H16N4O3S/c1-10-17(24)21-14-9-13(3-4-15(14)26-10)16-11(2)27-19(22-16)23-18(25)12-5-7-20-8-6-12/h3-10H,1-2H3,(H,21,24)(H,22,23,25). The molecular weight excluding hydrogens is 364 g/mol. The second kappa shape index (κ2) is 6.81. The van der Waals surface area contributed by atoms with Crippen LogP contribution >= 0.6 is 11.3 Å². The monoisotopic (exact) mass is 380 g/mol. The average Bonchev–Trinajstić information content (AvgIpc) is 3.03. The van der Waals surface area contributed by atoms with Crippen LogP contribution in [-0.2, 0) is 4.79 Å².